The fourth-order valence-corrected chi connectivity index (χ4v) is 0.708. The zero-order valence-electron chi connectivity index (χ0n) is 5.20. The van der Waals surface area contributed by atoms with Crippen molar-refractivity contribution in [1.82, 2.24) is 0 Å². The van der Waals surface area contributed by atoms with Crippen molar-refractivity contribution in [2.75, 3.05) is 0 Å². The molecule has 0 aromatic heterocycles. The van der Waals surface area contributed by atoms with E-state index in [1.54, 1.807) is 0 Å². The Kier molecular flexibility index (Phi) is 1.96. The van der Waals surface area contributed by atoms with E-state index in [0.29, 0.717) is 0 Å². The summed E-state index contributed by atoms with van der Waals surface area (Å²) in [5.41, 5.74) is 0. The standard InChI is InChI=1S/C6H3ClO4/c7-4-1-3(2-5(8)9)11-6(4)10/h1-2H,(H,8,9)/b3-2+. The summed E-state index contributed by atoms with van der Waals surface area (Å²) >= 11 is 5.29. The highest BCUT2D eigenvalue weighted by molar-refractivity contribution is 6.42. The maximum absolute atomic E-state index is 10.5. The summed E-state index contributed by atoms with van der Waals surface area (Å²) in [6.45, 7) is 0. The van der Waals surface area contributed by atoms with Crippen LogP contribution in [0.1, 0.15) is 0 Å². The van der Waals surface area contributed by atoms with E-state index < -0.39 is 11.9 Å². The fraction of sp³-hybridized carbons (Fsp3) is 0. The number of allylic oxidation sites excluding steroid dienone is 1. The normalized spacial score (nSPS) is 19.9. The first-order valence-electron chi connectivity index (χ1n) is 2.63. The van der Waals surface area contributed by atoms with Crippen LogP contribution in [0.25, 0.3) is 0 Å². The first-order valence-corrected chi connectivity index (χ1v) is 3.01. The molecule has 0 aliphatic carbocycles. The maximum Gasteiger partial charge on any atom is 0.355 e. The molecule has 1 aliphatic rings. The first kappa shape index (κ1) is 7.81. The number of esters is 1. The lowest BCUT2D eigenvalue weighted by atomic mass is 10.4. The van der Waals surface area contributed by atoms with Crippen molar-refractivity contribution in [3.05, 3.63) is 22.9 Å². The SMILES string of the molecule is O=C(O)/C=C1\C=C(Cl)C(=O)O1. The summed E-state index contributed by atoms with van der Waals surface area (Å²) in [6, 6.07) is 0. The van der Waals surface area contributed by atoms with Crippen LogP contribution in [0.3, 0.4) is 0 Å². The molecule has 0 spiro atoms. The average molecular weight is 175 g/mol. The Balaban J connectivity index is 2.83. The Hall–Kier alpha value is -1.29. The van der Waals surface area contributed by atoms with Crippen molar-refractivity contribution >= 4 is 23.5 Å². The van der Waals surface area contributed by atoms with E-state index in [4.69, 9.17) is 16.7 Å². The van der Waals surface area contributed by atoms with Gasteiger partial charge in [0.05, 0.1) is 6.08 Å². The van der Waals surface area contributed by atoms with Gasteiger partial charge in [0, 0.05) is 6.08 Å². The molecular weight excluding hydrogens is 172 g/mol. The second-order valence-electron chi connectivity index (χ2n) is 1.77. The van der Waals surface area contributed by atoms with Gasteiger partial charge >= 0.3 is 11.9 Å². The second-order valence-corrected chi connectivity index (χ2v) is 2.17. The van der Waals surface area contributed by atoms with Gasteiger partial charge in [-0.15, -0.1) is 0 Å². The fourth-order valence-electron chi connectivity index (χ4n) is 0.562. The number of cyclic esters (lactones) is 1. The van der Waals surface area contributed by atoms with Crippen LogP contribution in [0.15, 0.2) is 22.9 Å². The summed E-state index contributed by atoms with van der Waals surface area (Å²) in [6.07, 6.45) is 1.91. The molecule has 0 aromatic rings. The van der Waals surface area contributed by atoms with Crippen LogP contribution in [-0.4, -0.2) is 17.0 Å². The number of hydrogen-bond donors (Lipinski definition) is 1. The van der Waals surface area contributed by atoms with Gasteiger partial charge in [0.1, 0.15) is 10.8 Å². The number of halogens is 1. The van der Waals surface area contributed by atoms with Crippen molar-refractivity contribution in [2.45, 2.75) is 0 Å². The maximum atomic E-state index is 10.5. The smallest absolute Gasteiger partial charge is 0.355 e. The highest BCUT2D eigenvalue weighted by atomic mass is 35.5. The number of rotatable bonds is 1. The molecule has 58 valence electrons. The number of carboxylic acids is 1. The second kappa shape index (κ2) is 2.75. The third-order valence-electron chi connectivity index (χ3n) is 0.940. The Labute approximate surface area is 66.7 Å². The summed E-state index contributed by atoms with van der Waals surface area (Å²) in [5.74, 6) is -1.96. The van der Waals surface area contributed by atoms with Gasteiger partial charge in [-0.05, 0) is 0 Å². The van der Waals surface area contributed by atoms with E-state index in [9.17, 15) is 9.59 Å². The van der Waals surface area contributed by atoms with Gasteiger partial charge < -0.3 is 9.84 Å². The Morgan fingerprint density at radius 2 is 2.36 bits per heavy atom. The number of hydrogen-bond acceptors (Lipinski definition) is 3. The van der Waals surface area contributed by atoms with Gasteiger partial charge in [-0.2, -0.15) is 0 Å². The molecule has 1 N–H and O–H groups in total. The van der Waals surface area contributed by atoms with Crippen molar-refractivity contribution in [3.63, 3.8) is 0 Å². The van der Waals surface area contributed by atoms with Crippen molar-refractivity contribution in [2.24, 2.45) is 0 Å². The molecule has 1 heterocycles. The van der Waals surface area contributed by atoms with Crippen LogP contribution in [0.2, 0.25) is 0 Å². The van der Waals surface area contributed by atoms with Crippen molar-refractivity contribution in [3.8, 4) is 0 Å². The molecule has 0 atom stereocenters. The number of carbonyl (C=O) groups is 2. The monoisotopic (exact) mass is 174 g/mol. The van der Waals surface area contributed by atoms with Crippen molar-refractivity contribution < 1.29 is 19.4 Å². The van der Waals surface area contributed by atoms with E-state index in [1.165, 1.54) is 0 Å². The third kappa shape index (κ3) is 1.81. The average Bonchev–Trinajstić information content (AvgIpc) is 2.10. The molecule has 4 nitrogen and oxygen atoms in total. The molecule has 0 aromatic carbocycles. The van der Waals surface area contributed by atoms with E-state index in [-0.39, 0.29) is 10.8 Å². The molecule has 0 saturated heterocycles. The van der Waals surface area contributed by atoms with Gasteiger partial charge in [-0.1, -0.05) is 11.6 Å². The summed E-state index contributed by atoms with van der Waals surface area (Å²) in [4.78, 5) is 20.5. The van der Waals surface area contributed by atoms with E-state index >= 15 is 0 Å². The van der Waals surface area contributed by atoms with Gasteiger partial charge in [-0.3, -0.25) is 0 Å². The molecule has 1 aliphatic heterocycles. The van der Waals surface area contributed by atoms with Crippen LogP contribution in [0.5, 0.6) is 0 Å². The van der Waals surface area contributed by atoms with Crippen LogP contribution >= 0.6 is 11.6 Å². The zero-order chi connectivity index (χ0) is 8.43. The van der Waals surface area contributed by atoms with Crippen LogP contribution in [0.4, 0.5) is 0 Å². The zero-order valence-corrected chi connectivity index (χ0v) is 5.96. The van der Waals surface area contributed by atoms with Crippen molar-refractivity contribution in [1.29, 1.82) is 0 Å². The highest BCUT2D eigenvalue weighted by Gasteiger charge is 2.19. The lowest BCUT2D eigenvalue weighted by molar-refractivity contribution is -0.133. The first-order chi connectivity index (χ1) is 5.09. The largest absolute Gasteiger partial charge is 0.478 e. The molecule has 5 heteroatoms. The topological polar surface area (TPSA) is 63.6 Å². The van der Waals surface area contributed by atoms with Crippen LogP contribution < -0.4 is 0 Å². The minimum Gasteiger partial charge on any atom is -0.478 e. The van der Waals surface area contributed by atoms with Gasteiger partial charge in [0.2, 0.25) is 0 Å². The minimum atomic E-state index is -1.18. The van der Waals surface area contributed by atoms with E-state index in [1.807, 2.05) is 0 Å². The van der Waals surface area contributed by atoms with E-state index in [0.717, 1.165) is 12.2 Å². The molecule has 0 bridgehead atoms. The Morgan fingerprint density at radius 1 is 1.73 bits per heavy atom. The number of carboxylic acid groups (broad SMARTS) is 1. The third-order valence-corrected chi connectivity index (χ3v) is 1.20. The summed E-state index contributed by atoms with van der Waals surface area (Å²) < 4.78 is 4.40. The van der Waals surface area contributed by atoms with Crippen LogP contribution in [-0.2, 0) is 14.3 Å². The lowest BCUT2D eigenvalue weighted by Crippen LogP contribution is -1.96. The molecule has 11 heavy (non-hydrogen) atoms. The van der Waals surface area contributed by atoms with E-state index in [2.05, 4.69) is 4.74 Å². The number of aliphatic carboxylic acids is 1. The van der Waals surface area contributed by atoms with Gasteiger partial charge in [0.15, 0.2) is 0 Å². The number of carbonyl (C=O) groups excluding carboxylic acids is 1. The predicted molar refractivity (Wildman–Crippen MR) is 35.7 cm³/mol. The molecule has 0 saturated carbocycles. The Bertz CT molecular complexity index is 276. The molecule has 0 unspecified atom stereocenters. The van der Waals surface area contributed by atoms with Gasteiger partial charge in [0.25, 0.3) is 0 Å². The minimum absolute atomic E-state index is 0.0486. The van der Waals surface area contributed by atoms with Crippen LogP contribution in [0, 0.1) is 0 Å². The molecule has 0 fully saturated rings. The quantitative estimate of drug-likeness (QED) is 0.468. The number of ether oxygens (including phenoxy) is 1. The molecule has 1 rings (SSSR count). The molecule has 0 amide bonds. The lowest BCUT2D eigenvalue weighted by Gasteiger charge is -1.90. The highest BCUT2D eigenvalue weighted by Crippen LogP contribution is 2.19. The Morgan fingerprint density at radius 3 is 2.73 bits per heavy atom. The predicted octanol–water partition coefficient (Wildman–Crippen LogP) is 0.634. The summed E-state index contributed by atoms with van der Waals surface area (Å²) in [7, 11) is 0. The summed E-state index contributed by atoms with van der Waals surface area (Å²) in [5, 5.41) is 8.09. The molecule has 0 radical (unpaired) electrons. The van der Waals surface area contributed by atoms with Gasteiger partial charge in [-0.25, -0.2) is 9.59 Å². The molecular formula is C6H3ClO4.